The zero-order chi connectivity index (χ0) is 17.5. The lowest BCUT2D eigenvalue weighted by molar-refractivity contribution is 0.477. The summed E-state index contributed by atoms with van der Waals surface area (Å²) < 4.78 is 2.29. The van der Waals surface area contributed by atoms with Gasteiger partial charge in [-0.05, 0) is 35.7 Å². The second-order valence-electron chi connectivity index (χ2n) is 6.67. The molecular weight excluding hydrogens is 342 g/mol. The van der Waals surface area contributed by atoms with Gasteiger partial charge in [-0.25, -0.2) is 4.98 Å². The number of halogens is 1. The number of rotatable bonds is 2. The third-order valence-corrected chi connectivity index (χ3v) is 5.48. The average Bonchev–Trinajstić information content (AvgIpc) is 3.07. The van der Waals surface area contributed by atoms with Gasteiger partial charge >= 0.3 is 0 Å². The summed E-state index contributed by atoms with van der Waals surface area (Å²) >= 11 is 6.58. The van der Waals surface area contributed by atoms with E-state index in [2.05, 4.69) is 64.5 Å². The Morgan fingerprint density at radius 1 is 0.885 bits per heavy atom. The summed E-state index contributed by atoms with van der Waals surface area (Å²) in [6.07, 6.45) is 0.918. The Labute approximate surface area is 157 Å². The first kappa shape index (κ1) is 15.5. The number of aromatic nitrogens is 2. The number of nitrogens with one attached hydrogen (secondary N) is 1. The molecular formula is C22H18ClN3. The third kappa shape index (κ3) is 2.47. The number of imidazole rings is 1. The van der Waals surface area contributed by atoms with E-state index in [1.54, 1.807) is 0 Å². The third-order valence-electron chi connectivity index (χ3n) is 5.14. The molecule has 0 spiro atoms. The number of hydrogen-bond donors (Lipinski definition) is 1. The summed E-state index contributed by atoms with van der Waals surface area (Å²) in [5.74, 6) is 0.899. The molecule has 4 heteroatoms. The number of anilines is 1. The van der Waals surface area contributed by atoms with Crippen molar-refractivity contribution in [3.05, 3.63) is 95.0 Å². The standard InChI is InChI=1S/C22H18ClN3/c23-17-11-5-4-10-16(17)21-14-19(15-8-2-1-3-9-15)25-22-24-18-12-6-7-13-20(18)26(21)22/h1-13,19,21H,14H2,(H,24,25)/t19-,21+/m0/s1. The number of fused-ring (bicyclic) bond motifs is 3. The van der Waals surface area contributed by atoms with Crippen LogP contribution < -0.4 is 5.32 Å². The normalized spacial score (nSPS) is 19.1. The minimum atomic E-state index is 0.137. The van der Waals surface area contributed by atoms with Gasteiger partial charge in [0.2, 0.25) is 5.95 Å². The van der Waals surface area contributed by atoms with E-state index in [9.17, 15) is 0 Å². The Balaban J connectivity index is 1.71. The molecule has 128 valence electrons. The average molecular weight is 360 g/mol. The van der Waals surface area contributed by atoms with Gasteiger partial charge in [0, 0.05) is 5.02 Å². The Kier molecular flexibility index (Phi) is 3.68. The van der Waals surface area contributed by atoms with Crippen LogP contribution in [-0.4, -0.2) is 9.55 Å². The summed E-state index contributed by atoms with van der Waals surface area (Å²) in [6.45, 7) is 0. The van der Waals surface area contributed by atoms with Crippen molar-refractivity contribution in [1.82, 2.24) is 9.55 Å². The lowest BCUT2D eigenvalue weighted by Gasteiger charge is -2.34. The quantitative estimate of drug-likeness (QED) is 0.487. The zero-order valence-corrected chi connectivity index (χ0v) is 14.9. The van der Waals surface area contributed by atoms with Gasteiger partial charge in [-0.3, -0.25) is 0 Å². The van der Waals surface area contributed by atoms with Gasteiger partial charge < -0.3 is 9.88 Å². The van der Waals surface area contributed by atoms with Gasteiger partial charge in [0.05, 0.1) is 23.1 Å². The molecule has 2 atom stereocenters. The van der Waals surface area contributed by atoms with Crippen molar-refractivity contribution >= 4 is 28.6 Å². The minimum absolute atomic E-state index is 0.137. The molecule has 4 aromatic rings. The van der Waals surface area contributed by atoms with Crippen LogP contribution in [0.1, 0.15) is 29.6 Å². The van der Waals surface area contributed by atoms with Crippen LogP contribution in [0.4, 0.5) is 5.95 Å². The van der Waals surface area contributed by atoms with Crippen LogP contribution in [0.3, 0.4) is 0 Å². The van der Waals surface area contributed by atoms with E-state index in [4.69, 9.17) is 16.6 Å². The Morgan fingerprint density at radius 2 is 1.62 bits per heavy atom. The second-order valence-corrected chi connectivity index (χ2v) is 7.08. The number of nitrogens with zero attached hydrogens (tertiary/aromatic N) is 2. The first-order valence-electron chi connectivity index (χ1n) is 8.84. The van der Waals surface area contributed by atoms with Gasteiger partial charge in [-0.1, -0.05) is 72.3 Å². The molecule has 1 aliphatic rings. The van der Waals surface area contributed by atoms with Crippen LogP contribution in [0.2, 0.25) is 5.02 Å². The van der Waals surface area contributed by atoms with E-state index in [1.807, 2.05) is 24.3 Å². The minimum Gasteiger partial charge on any atom is -0.349 e. The van der Waals surface area contributed by atoms with Crippen LogP contribution in [0.25, 0.3) is 11.0 Å². The molecule has 0 amide bonds. The Bertz CT molecular complexity index is 1070. The Morgan fingerprint density at radius 3 is 2.46 bits per heavy atom. The molecule has 0 aliphatic carbocycles. The predicted molar refractivity (Wildman–Crippen MR) is 107 cm³/mol. The lowest BCUT2D eigenvalue weighted by atomic mass is 9.93. The maximum absolute atomic E-state index is 6.58. The van der Waals surface area contributed by atoms with Crippen molar-refractivity contribution < 1.29 is 0 Å². The smallest absolute Gasteiger partial charge is 0.204 e. The van der Waals surface area contributed by atoms with Crippen LogP contribution in [0, 0.1) is 0 Å². The molecule has 0 radical (unpaired) electrons. The van der Waals surface area contributed by atoms with E-state index in [0.717, 1.165) is 34.0 Å². The first-order valence-corrected chi connectivity index (χ1v) is 9.22. The van der Waals surface area contributed by atoms with Crippen molar-refractivity contribution in [2.24, 2.45) is 0 Å². The molecule has 3 nitrogen and oxygen atoms in total. The summed E-state index contributed by atoms with van der Waals surface area (Å²) in [7, 11) is 0. The molecule has 2 heterocycles. The SMILES string of the molecule is Clc1ccccc1[C@H]1C[C@@H](c2ccccc2)Nc2nc3ccccc3n21. The van der Waals surface area contributed by atoms with Crippen molar-refractivity contribution in [2.75, 3.05) is 5.32 Å². The van der Waals surface area contributed by atoms with E-state index >= 15 is 0 Å². The maximum atomic E-state index is 6.58. The number of para-hydroxylation sites is 2. The van der Waals surface area contributed by atoms with Crippen molar-refractivity contribution in [3.8, 4) is 0 Å². The Hall–Kier alpha value is -2.78. The van der Waals surface area contributed by atoms with Crippen molar-refractivity contribution in [1.29, 1.82) is 0 Å². The highest BCUT2D eigenvalue weighted by Crippen LogP contribution is 2.42. The van der Waals surface area contributed by atoms with Gasteiger partial charge in [-0.2, -0.15) is 0 Å². The fourth-order valence-corrected chi connectivity index (χ4v) is 4.18. The molecule has 0 saturated heterocycles. The molecule has 26 heavy (non-hydrogen) atoms. The lowest BCUT2D eigenvalue weighted by Crippen LogP contribution is -2.27. The molecule has 0 saturated carbocycles. The summed E-state index contributed by atoms with van der Waals surface area (Å²) in [5.41, 5.74) is 4.54. The molecule has 0 fully saturated rings. The zero-order valence-electron chi connectivity index (χ0n) is 14.1. The van der Waals surface area contributed by atoms with E-state index in [0.29, 0.717) is 0 Å². The fraction of sp³-hybridized carbons (Fsp3) is 0.136. The summed E-state index contributed by atoms with van der Waals surface area (Å²) in [5, 5.41) is 4.43. The number of benzene rings is 3. The topological polar surface area (TPSA) is 29.9 Å². The second kappa shape index (κ2) is 6.19. The van der Waals surface area contributed by atoms with Gasteiger partial charge in [0.25, 0.3) is 0 Å². The molecule has 0 unspecified atom stereocenters. The summed E-state index contributed by atoms with van der Waals surface area (Å²) in [4.78, 5) is 4.84. The molecule has 1 aromatic heterocycles. The molecule has 5 rings (SSSR count). The van der Waals surface area contributed by atoms with E-state index < -0.39 is 0 Å². The van der Waals surface area contributed by atoms with Gasteiger partial charge in [-0.15, -0.1) is 0 Å². The summed E-state index contributed by atoms with van der Waals surface area (Å²) in [6, 6.07) is 27.3. The fourth-order valence-electron chi connectivity index (χ4n) is 3.92. The van der Waals surface area contributed by atoms with Crippen LogP contribution >= 0.6 is 11.6 Å². The molecule has 1 N–H and O–H groups in total. The molecule has 0 bridgehead atoms. The van der Waals surface area contributed by atoms with Crippen molar-refractivity contribution in [3.63, 3.8) is 0 Å². The van der Waals surface area contributed by atoms with E-state index in [-0.39, 0.29) is 12.1 Å². The molecule has 3 aromatic carbocycles. The maximum Gasteiger partial charge on any atom is 0.204 e. The highest BCUT2D eigenvalue weighted by atomic mass is 35.5. The van der Waals surface area contributed by atoms with Gasteiger partial charge in [0.15, 0.2) is 0 Å². The van der Waals surface area contributed by atoms with Crippen molar-refractivity contribution in [2.45, 2.75) is 18.5 Å². The highest BCUT2D eigenvalue weighted by Gasteiger charge is 2.31. The van der Waals surface area contributed by atoms with Crippen LogP contribution in [0.5, 0.6) is 0 Å². The highest BCUT2D eigenvalue weighted by molar-refractivity contribution is 6.31. The first-order chi connectivity index (χ1) is 12.8. The molecule has 1 aliphatic heterocycles. The van der Waals surface area contributed by atoms with Gasteiger partial charge in [0.1, 0.15) is 0 Å². The van der Waals surface area contributed by atoms with Crippen LogP contribution in [0.15, 0.2) is 78.9 Å². The monoisotopic (exact) mass is 359 g/mol. The largest absolute Gasteiger partial charge is 0.349 e. The van der Waals surface area contributed by atoms with E-state index in [1.165, 1.54) is 5.56 Å². The van der Waals surface area contributed by atoms with Crippen LogP contribution in [-0.2, 0) is 0 Å². The predicted octanol–water partition coefficient (Wildman–Crippen LogP) is 5.84. The number of hydrogen-bond acceptors (Lipinski definition) is 2.